The minimum absolute atomic E-state index is 0.113. The molecular weight excluding hydrogens is 260 g/mol. The summed E-state index contributed by atoms with van der Waals surface area (Å²) in [7, 11) is 0. The van der Waals surface area contributed by atoms with Gasteiger partial charge in [0.15, 0.2) is 11.3 Å². The van der Waals surface area contributed by atoms with E-state index in [9.17, 15) is 4.79 Å². The first-order chi connectivity index (χ1) is 9.29. The maximum absolute atomic E-state index is 11.9. The van der Waals surface area contributed by atoms with Gasteiger partial charge in [-0.3, -0.25) is 0 Å². The van der Waals surface area contributed by atoms with Crippen LogP contribution in [0.3, 0.4) is 0 Å². The van der Waals surface area contributed by atoms with Crippen molar-refractivity contribution in [1.29, 1.82) is 5.26 Å². The zero-order valence-corrected chi connectivity index (χ0v) is 11.1. The number of hydrogen-bond acceptors (Lipinski definition) is 5. The van der Waals surface area contributed by atoms with E-state index >= 15 is 0 Å². The molecule has 0 bridgehead atoms. The molecule has 0 N–H and O–H groups in total. The highest BCUT2D eigenvalue weighted by molar-refractivity contribution is 7.13. The van der Waals surface area contributed by atoms with Crippen LogP contribution in [0.1, 0.15) is 18.4 Å². The molecule has 0 spiro atoms. The van der Waals surface area contributed by atoms with Gasteiger partial charge in [0.1, 0.15) is 6.07 Å². The Balaban J connectivity index is 2.15. The second kappa shape index (κ2) is 4.90. The zero-order valence-electron chi connectivity index (χ0n) is 10.3. The highest BCUT2D eigenvalue weighted by atomic mass is 32.1. The number of thiophene rings is 1. The lowest BCUT2D eigenvalue weighted by Gasteiger charge is -2.18. The molecule has 1 aliphatic rings. The summed E-state index contributed by atoms with van der Waals surface area (Å²) in [4.78, 5) is 14.9. The lowest BCUT2D eigenvalue weighted by atomic mass is 10.2. The van der Waals surface area contributed by atoms with Crippen molar-refractivity contribution in [2.45, 2.75) is 12.8 Å². The van der Waals surface area contributed by atoms with Gasteiger partial charge in [-0.15, -0.1) is 11.3 Å². The third kappa shape index (κ3) is 2.15. The minimum Gasteiger partial charge on any atom is -0.421 e. The second-order valence-electron chi connectivity index (χ2n) is 4.44. The van der Waals surface area contributed by atoms with E-state index < -0.39 is 5.63 Å². The molecule has 0 radical (unpaired) electrons. The number of rotatable bonds is 2. The van der Waals surface area contributed by atoms with E-state index in [1.54, 1.807) is 0 Å². The van der Waals surface area contributed by atoms with Crippen LogP contribution < -0.4 is 10.5 Å². The number of nitrogens with zero attached hydrogens (tertiary/aromatic N) is 2. The quantitative estimate of drug-likeness (QED) is 0.843. The molecule has 2 aromatic heterocycles. The van der Waals surface area contributed by atoms with Crippen molar-refractivity contribution >= 4 is 17.0 Å². The molecular formula is C14H12N2O2S. The largest absolute Gasteiger partial charge is 0.421 e. The molecule has 0 amide bonds. The zero-order chi connectivity index (χ0) is 13.2. The summed E-state index contributed by atoms with van der Waals surface area (Å²) in [5, 5.41) is 11.1. The normalized spacial score (nSPS) is 14.6. The predicted octanol–water partition coefficient (Wildman–Crippen LogP) is 2.84. The Morgan fingerprint density at radius 1 is 1.37 bits per heavy atom. The molecule has 3 heterocycles. The van der Waals surface area contributed by atoms with Gasteiger partial charge in [-0.1, -0.05) is 6.07 Å². The van der Waals surface area contributed by atoms with Crippen LogP contribution in [0, 0.1) is 11.3 Å². The van der Waals surface area contributed by atoms with Gasteiger partial charge in [0, 0.05) is 19.2 Å². The fourth-order valence-corrected chi connectivity index (χ4v) is 3.01. The Labute approximate surface area is 114 Å². The minimum atomic E-state index is -0.546. The molecule has 0 saturated carbocycles. The fourth-order valence-electron chi connectivity index (χ4n) is 2.33. The Kier molecular flexibility index (Phi) is 3.10. The van der Waals surface area contributed by atoms with E-state index in [4.69, 9.17) is 9.68 Å². The molecule has 5 heteroatoms. The van der Waals surface area contributed by atoms with Crippen molar-refractivity contribution in [1.82, 2.24) is 0 Å². The second-order valence-corrected chi connectivity index (χ2v) is 5.39. The van der Waals surface area contributed by atoms with Crippen LogP contribution in [0.15, 0.2) is 32.8 Å². The summed E-state index contributed by atoms with van der Waals surface area (Å²) in [6.45, 7) is 1.78. The standard InChI is InChI=1S/C14H12N2O2S/c15-9-10-11(16-5-1-2-6-16)8-12(18-14(10)17)13-4-3-7-19-13/h3-4,7-8H,1-2,5-6H2. The molecule has 4 nitrogen and oxygen atoms in total. The van der Waals surface area contributed by atoms with Gasteiger partial charge in [0.25, 0.3) is 0 Å². The van der Waals surface area contributed by atoms with Crippen LogP contribution in [0.5, 0.6) is 0 Å². The number of nitriles is 1. The molecule has 96 valence electrons. The average molecular weight is 272 g/mol. The monoisotopic (exact) mass is 272 g/mol. The van der Waals surface area contributed by atoms with Crippen molar-refractivity contribution in [2.75, 3.05) is 18.0 Å². The fraction of sp³-hybridized carbons (Fsp3) is 0.286. The topological polar surface area (TPSA) is 57.2 Å². The highest BCUT2D eigenvalue weighted by Gasteiger charge is 2.20. The van der Waals surface area contributed by atoms with Crippen molar-refractivity contribution in [3.63, 3.8) is 0 Å². The van der Waals surface area contributed by atoms with Crippen LogP contribution in [0.25, 0.3) is 10.6 Å². The molecule has 0 aromatic carbocycles. The van der Waals surface area contributed by atoms with Gasteiger partial charge < -0.3 is 9.32 Å². The van der Waals surface area contributed by atoms with Crippen molar-refractivity contribution in [3.8, 4) is 16.7 Å². The van der Waals surface area contributed by atoms with E-state index in [0.717, 1.165) is 30.8 Å². The Morgan fingerprint density at radius 2 is 2.16 bits per heavy atom. The van der Waals surface area contributed by atoms with E-state index in [1.165, 1.54) is 11.3 Å². The van der Waals surface area contributed by atoms with E-state index in [-0.39, 0.29) is 5.56 Å². The molecule has 2 aromatic rings. The van der Waals surface area contributed by atoms with Crippen LogP contribution >= 0.6 is 11.3 Å². The third-order valence-corrected chi connectivity index (χ3v) is 4.14. The van der Waals surface area contributed by atoms with Crippen LogP contribution in [-0.2, 0) is 0 Å². The van der Waals surface area contributed by atoms with Gasteiger partial charge in [-0.05, 0) is 24.3 Å². The summed E-state index contributed by atoms with van der Waals surface area (Å²) < 4.78 is 5.25. The molecule has 0 aliphatic carbocycles. The summed E-state index contributed by atoms with van der Waals surface area (Å²) in [6.07, 6.45) is 2.19. The van der Waals surface area contributed by atoms with Gasteiger partial charge in [0.2, 0.25) is 0 Å². The van der Waals surface area contributed by atoms with Crippen molar-refractivity contribution in [2.24, 2.45) is 0 Å². The first-order valence-electron chi connectivity index (χ1n) is 6.16. The Hall–Kier alpha value is -2.06. The Bertz CT molecular complexity index is 676. The van der Waals surface area contributed by atoms with Crippen LogP contribution in [0.2, 0.25) is 0 Å². The van der Waals surface area contributed by atoms with E-state index in [2.05, 4.69) is 4.90 Å². The summed E-state index contributed by atoms with van der Waals surface area (Å²) in [5.74, 6) is 0.543. The first-order valence-corrected chi connectivity index (χ1v) is 7.04. The van der Waals surface area contributed by atoms with E-state index in [1.807, 2.05) is 29.6 Å². The van der Waals surface area contributed by atoms with Crippen molar-refractivity contribution < 1.29 is 4.42 Å². The summed E-state index contributed by atoms with van der Waals surface area (Å²) in [6, 6.07) is 7.60. The maximum Gasteiger partial charge on any atom is 0.356 e. The summed E-state index contributed by atoms with van der Waals surface area (Å²) >= 11 is 1.52. The van der Waals surface area contributed by atoms with Gasteiger partial charge in [-0.25, -0.2) is 4.79 Å². The molecule has 1 aliphatic heterocycles. The number of hydrogen-bond donors (Lipinski definition) is 0. The molecule has 0 unspecified atom stereocenters. The highest BCUT2D eigenvalue weighted by Crippen LogP contribution is 2.30. The molecule has 1 saturated heterocycles. The maximum atomic E-state index is 11.9. The van der Waals surface area contributed by atoms with Crippen LogP contribution in [0.4, 0.5) is 5.69 Å². The average Bonchev–Trinajstić information content (AvgIpc) is 3.11. The molecule has 3 rings (SSSR count). The van der Waals surface area contributed by atoms with Crippen molar-refractivity contribution in [3.05, 3.63) is 39.6 Å². The van der Waals surface area contributed by atoms with Gasteiger partial charge in [0.05, 0.1) is 10.6 Å². The predicted molar refractivity (Wildman–Crippen MR) is 74.5 cm³/mol. The third-order valence-electron chi connectivity index (χ3n) is 3.25. The summed E-state index contributed by atoms with van der Waals surface area (Å²) in [5.41, 5.74) is 0.275. The SMILES string of the molecule is N#Cc1c(N2CCCC2)cc(-c2cccs2)oc1=O. The van der Waals surface area contributed by atoms with E-state index in [0.29, 0.717) is 11.4 Å². The van der Waals surface area contributed by atoms with Crippen LogP contribution in [-0.4, -0.2) is 13.1 Å². The molecule has 19 heavy (non-hydrogen) atoms. The lowest BCUT2D eigenvalue weighted by molar-refractivity contribution is 0.524. The molecule has 0 atom stereocenters. The smallest absolute Gasteiger partial charge is 0.356 e. The van der Waals surface area contributed by atoms with Gasteiger partial charge in [-0.2, -0.15) is 5.26 Å². The Morgan fingerprint density at radius 3 is 2.79 bits per heavy atom. The van der Waals surface area contributed by atoms with Gasteiger partial charge >= 0.3 is 5.63 Å². The number of anilines is 1. The lowest BCUT2D eigenvalue weighted by Crippen LogP contribution is -2.22. The first kappa shape index (κ1) is 12.0. The molecule has 1 fully saturated rings.